The summed E-state index contributed by atoms with van der Waals surface area (Å²) in [6.07, 6.45) is 1.89. The van der Waals surface area contributed by atoms with E-state index >= 15 is 0 Å². The van der Waals surface area contributed by atoms with Gasteiger partial charge in [0, 0.05) is 13.1 Å². The van der Waals surface area contributed by atoms with Crippen molar-refractivity contribution < 1.29 is 14.7 Å². The molecule has 1 aliphatic heterocycles. The number of hydrogen-bond acceptors (Lipinski definition) is 4. The van der Waals surface area contributed by atoms with Crippen molar-refractivity contribution in [2.75, 3.05) is 13.1 Å². The number of aryl methyl sites for hydroxylation is 1. The third-order valence-corrected chi connectivity index (χ3v) is 3.30. The van der Waals surface area contributed by atoms with Crippen molar-refractivity contribution in [1.29, 1.82) is 0 Å². The fourth-order valence-corrected chi connectivity index (χ4v) is 2.08. The number of carboxylic acid groups (broad SMARTS) is 1. The van der Waals surface area contributed by atoms with Gasteiger partial charge in [-0.3, -0.25) is 9.59 Å². The molecule has 0 aromatic carbocycles. The van der Waals surface area contributed by atoms with Crippen LogP contribution in [0, 0.1) is 12.3 Å². The standard InChI is InChI=1S/C12H15N3O3/c1-8-5-9(6-13-14-8)10(16)15-4-3-12(2,7-15)11(17)18/h5-6H,3-4,7H2,1-2H3,(H,17,18). The lowest BCUT2D eigenvalue weighted by Crippen LogP contribution is -2.35. The molecule has 0 radical (unpaired) electrons. The van der Waals surface area contributed by atoms with Crippen molar-refractivity contribution in [3.8, 4) is 0 Å². The van der Waals surface area contributed by atoms with Gasteiger partial charge >= 0.3 is 5.97 Å². The second-order valence-electron chi connectivity index (χ2n) is 4.93. The zero-order chi connectivity index (χ0) is 13.3. The Morgan fingerprint density at radius 2 is 2.22 bits per heavy atom. The van der Waals surface area contributed by atoms with Gasteiger partial charge < -0.3 is 10.0 Å². The lowest BCUT2D eigenvalue weighted by Gasteiger charge is -2.20. The fraction of sp³-hybridized carbons (Fsp3) is 0.500. The van der Waals surface area contributed by atoms with Crippen molar-refractivity contribution in [3.63, 3.8) is 0 Å². The summed E-state index contributed by atoms with van der Waals surface area (Å²) >= 11 is 0. The summed E-state index contributed by atoms with van der Waals surface area (Å²) in [6.45, 7) is 4.12. The summed E-state index contributed by atoms with van der Waals surface area (Å²) in [5, 5.41) is 16.7. The molecule has 1 aromatic rings. The van der Waals surface area contributed by atoms with E-state index in [0.29, 0.717) is 24.2 Å². The molecule has 0 bridgehead atoms. The lowest BCUT2D eigenvalue weighted by molar-refractivity contribution is -0.147. The first-order valence-electron chi connectivity index (χ1n) is 5.74. The number of aliphatic carboxylic acids is 1. The number of carbonyl (C=O) groups excluding carboxylic acids is 1. The molecule has 1 amide bonds. The van der Waals surface area contributed by atoms with E-state index in [2.05, 4.69) is 10.2 Å². The normalized spacial score (nSPS) is 23.1. The van der Waals surface area contributed by atoms with Crippen LogP contribution in [0.25, 0.3) is 0 Å². The lowest BCUT2D eigenvalue weighted by atomic mass is 9.90. The molecule has 1 N–H and O–H groups in total. The minimum atomic E-state index is -0.859. The van der Waals surface area contributed by atoms with E-state index in [9.17, 15) is 9.59 Å². The average Bonchev–Trinajstić information content (AvgIpc) is 2.72. The van der Waals surface area contributed by atoms with Crippen LogP contribution in [0.2, 0.25) is 0 Å². The number of carbonyl (C=O) groups is 2. The molecule has 1 saturated heterocycles. The molecule has 0 spiro atoms. The van der Waals surface area contributed by atoms with Crippen LogP contribution < -0.4 is 0 Å². The Labute approximate surface area is 105 Å². The van der Waals surface area contributed by atoms with Crippen LogP contribution in [0.3, 0.4) is 0 Å². The number of carboxylic acids is 1. The summed E-state index contributed by atoms with van der Waals surface area (Å²) in [5.41, 5.74) is 0.281. The Morgan fingerprint density at radius 3 is 2.78 bits per heavy atom. The quantitative estimate of drug-likeness (QED) is 0.835. The maximum absolute atomic E-state index is 12.2. The molecular formula is C12H15N3O3. The van der Waals surface area contributed by atoms with E-state index in [4.69, 9.17) is 5.11 Å². The smallest absolute Gasteiger partial charge is 0.311 e. The molecule has 1 aromatic heterocycles. The maximum Gasteiger partial charge on any atom is 0.311 e. The number of likely N-dealkylation sites (tertiary alicyclic amines) is 1. The molecule has 96 valence electrons. The second kappa shape index (κ2) is 4.36. The molecule has 1 unspecified atom stereocenters. The SMILES string of the molecule is Cc1cc(C(=O)N2CCC(C)(C(=O)O)C2)cnn1. The number of nitrogens with zero attached hydrogens (tertiary/aromatic N) is 3. The van der Waals surface area contributed by atoms with Crippen LogP contribution in [0.15, 0.2) is 12.3 Å². The molecule has 0 saturated carbocycles. The highest BCUT2D eigenvalue weighted by molar-refractivity contribution is 5.94. The number of rotatable bonds is 2. The van der Waals surface area contributed by atoms with Crippen LogP contribution in [-0.4, -0.2) is 45.2 Å². The highest BCUT2D eigenvalue weighted by Crippen LogP contribution is 2.30. The first-order valence-corrected chi connectivity index (χ1v) is 5.74. The zero-order valence-corrected chi connectivity index (χ0v) is 10.4. The van der Waals surface area contributed by atoms with Crippen molar-refractivity contribution in [2.45, 2.75) is 20.3 Å². The highest BCUT2D eigenvalue weighted by atomic mass is 16.4. The predicted octanol–water partition coefficient (Wildman–Crippen LogP) is 0.722. The van der Waals surface area contributed by atoms with Crippen molar-refractivity contribution >= 4 is 11.9 Å². The minimum absolute atomic E-state index is 0.182. The Balaban J connectivity index is 2.15. The Hall–Kier alpha value is -1.98. The van der Waals surface area contributed by atoms with E-state index in [1.54, 1.807) is 24.8 Å². The minimum Gasteiger partial charge on any atom is -0.481 e. The molecule has 6 heteroatoms. The highest BCUT2D eigenvalue weighted by Gasteiger charge is 2.42. The predicted molar refractivity (Wildman–Crippen MR) is 63.0 cm³/mol. The second-order valence-corrected chi connectivity index (χ2v) is 4.93. The topological polar surface area (TPSA) is 83.4 Å². The van der Waals surface area contributed by atoms with E-state index in [1.807, 2.05) is 0 Å². The monoisotopic (exact) mass is 249 g/mol. The van der Waals surface area contributed by atoms with Gasteiger partial charge in [0.1, 0.15) is 0 Å². The van der Waals surface area contributed by atoms with Gasteiger partial charge in [-0.15, -0.1) is 0 Å². The van der Waals surface area contributed by atoms with Gasteiger partial charge in [0.15, 0.2) is 0 Å². The van der Waals surface area contributed by atoms with Gasteiger partial charge in [0.25, 0.3) is 5.91 Å². The fourth-order valence-electron chi connectivity index (χ4n) is 2.08. The van der Waals surface area contributed by atoms with Crippen molar-refractivity contribution in [1.82, 2.24) is 15.1 Å². The van der Waals surface area contributed by atoms with Crippen molar-refractivity contribution in [3.05, 3.63) is 23.5 Å². The van der Waals surface area contributed by atoms with Crippen molar-refractivity contribution in [2.24, 2.45) is 5.41 Å². The van der Waals surface area contributed by atoms with Crippen LogP contribution in [0.5, 0.6) is 0 Å². The third-order valence-electron chi connectivity index (χ3n) is 3.30. The molecule has 2 heterocycles. The van der Waals surface area contributed by atoms with E-state index in [1.165, 1.54) is 6.20 Å². The van der Waals surface area contributed by atoms with Crippen LogP contribution in [0.4, 0.5) is 0 Å². The average molecular weight is 249 g/mol. The third kappa shape index (κ3) is 2.18. The van der Waals surface area contributed by atoms with Crippen LogP contribution in [-0.2, 0) is 4.79 Å². The largest absolute Gasteiger partial charge is 0.481 e. The first-order chi connectivity index (χ1) is 8.42. The van der Waals surface area contributed by atoms with Gasteiger partial charge in [0.2, 0.25) is 0 Å². The summed E-state index contributed by atoms with van der Waals surface area (Å²) in [6, 6.07) is 1.66. The summed E-state index contributed by atoms with van der Waals surface area (Å²) in [4.78, 5) is 24.9. The Bertz CT molecular complexity index is 503. The molecule has 1 atom stereocenters. The summed E-state index contributed by atoms with van der Waals surface area (Å²) < 4.78 is 0. The summed E-state index contributed by atoms with van der Waals surface area (Å²) in [5.74, 6) is -1.04. The summed E-state index contributed by atoms with van der Waals surface area (Å²) in [7, 11) is 0. The molecule has 1 aliphatic rings. The molecule has 6 nitrogen and oxygen atoms in total. The van der Waals surface area contributed by atoms with E-state index in [0.717, 1.165) is 0 Å². The van der Waals surface area contributed by atoms with Gasteiger partial charge in [-0.05, 0) is 26.3 Å². The van der Waals surface area contributed by atoms with E-state index < -0.39 is 11.4 Å². The maximum atomic E-state index is 12.2. The van der Waals surface area contributed by atoms with Crippen LogP contribution in [0.1, 0.15) is 29.4 Å². The molecule has 1 fully saturated rings. The van der Waals surface area contributed by atoms with Gasteiger partial charge in [-0.1, -0.05) is 0 Å². The molecule has 2 rings (SSSR count). The Morgan fingerprint density at radius 1 is 1.50 bits per heavy atom. The van der Waals surface area contributed by atoms with Gasteiger partial charge in [-0.2, -0.15) is 10.2 Å². The number of hydrogen-bond donors (Lipinski definition) is 1. The van der Waals surface area contributed by atoms with Gasteiger partial charge in [0.05, 0.1) is 22.9 Å². The zero-order valence-electron chi connectivity index (χ0n) is 10.4. The first kappa shape index (κ1) is 12.5. The van der Waals surface area contributed by atoms with Gasteiger partial charge in [-0.25, -0.2) is 0 Å². The molecule has 18 heavy (non-hydrogen) atoms. The molecule has 0 aliphatic carbocycles. The number of aromatic nitrogens is 2. The molecular weight excluding hydrogens is 234 g/mol. The van der Waals surface area contributed by atoms with Crippen LogP contribution >= 0.6 is 0 Å². The Kier molecular flexibility index (Phi) is 3.02. The number of amides is 1. The van der Waals surface area contributed by atoms with E-state index in [-0.39, 0.29) is 12.5 Å².